The number of thiazole rings is 1. The molecule has 3 aromatic rings. The monoisotopic (exact) mass is 324 g/mol. The first-order valence-corrected chi connectivity index (χ1v) is 9.06. The molecule has 1 aromatic carbocycles. The standard InChI is InChI=1S/C18H20N4S/c1-2-6-17-16(5-1)20-11-15(21-17)13-22-8-3-4-14(12-22)10-18-19-7-9-23-18/h1-2,5-7,9,11,14H,3-4,8,10,12-13H2/t14-/m0/s1. The smallest absolute Gasteiger partial charge is 0.0928 e. The van der Waals surface area contributed by atoms with Crippen LogP contribution in [0.2, 0.25) is 0 Å². The fourth-order valence-corrected chi connectivity index (χ4v) is 4.10. The van der Waals surface area contributed by atoms with Crippen molar-refractivity contribution in [2.24, 2.45) is 5.92 Å². The highest BCUT2D eigenvalue weighted by Gasteiger charge is 2.21. The van der Waals surface area contributed by atoms with Gasteiger partial charge in [0.1, 0.15) is 0 Å². The molecule has 0 saturated carbocycles. The fraction of sp³-hybridized carbons (Fsp3) is 0.389. The molecule has 4 rings (SSSR count). The summed E-state index contributed by atoms with van der Waals surface area (Å²) >= 11 is 1.77. The predicted molar refractivity (Wildman–Crippen MR) is 93.4 cm³/mol. The van der Waals surface area contributed by atoms with E-state index >= 15 is 0 Å². The lowest BCUT2D eigenvalue weighted by Crippen LogP contribution is -2.36. The second-order valence-electron chi connectivity index (χ2n) is 6.22. The maximum Gasteiger partial charge on any atom is 0.0928 e. The number of nitrogens with zero attached hydrogens (tertiary/aromatic N) is 4. The van der Waals surface area contributed by atoms with Gasteiger partial charge in [-0.3, -0.25) is 9.88 Å². The average Bonchev–Trinajstić information content (AvgIpc) is 3.08. The van der Waals surface area contributed by atoms with E-state index in [1.165, 1.54) is 17.8 Å². The van der Waals surface area contributed by atoms with Gasteiger partial charge in [0, 0.05) is 31.1 Å². The van der Waals surface area contributed by atoms with Crippen LogP contribution in [0.1, 0.15) is 23.5 Å². The van der Waals surface area contributed by atoms with Gasteiger partial charge in [-0.15, -0.1) is 11.3 Å². The third kappa shape index (κ3) is 3.57. The molecule has 1 aliphatic heterocycles. The van der Waals surface area contributed by atoms with Crippen LogP contribution in [0.3, 0.4) is 0 Å². The number of benzene rings is 1. The molecular weight excluding hydrogens is 304 g/mol. The van der Waals surface area contributed by atoms with Crippen molar-refractivity contribution in [1.82, 2.24) is 19.9 Å². The molecule has 23 heavy (non-hydrogen) atoms. The summed E-state index contributed by atoms with van der Waals surface area (Å²) in [6.45, 7) is 3.18. The number of aromatic nitrogens is 3. The largest absolute Gasteiger partial charge is 0.297 e. The van der Waals surface area contributed by atoms with Crippen molar-refractivity contribution < 1.29 is 0 Å². The van der Waals surface area contributed by atoms with Crippen molar-refractivity contribution >= 4 is 22.4 Å². The highest BCUT2D eigenvalue weighted by molar-refractivity contribution is 7.09. The van der Waals surface area contributed by atoms with Gasteiger partial charge in [-0.05, 0) is 37.4 Å². The molecule has 1 saturated heterocycles. The minimum atomic E-state index is 0.711. The highest BCUT2D eigenvalue weighted by Crippen LogP contribution is 2.23. The van der Waals surface area contributed by atoms with Crippen molar-refractivity contribution in [2.45, 2.75) is 25.8 Å². The molecule has 118 valence electrons. The first kappa shape index (κ1) is 14.7. The zero-order valence-corrected chi connectivity index (χ0v) is 13.9. The summed E-state index contributed by atoms with van der Waals surface area (Å²) in [5, 5.41) is 3.34. The second-order valence-corrected chi connectivity index (χ2v) is 7.20. The number of hydrogen-bond acceptors (Lipinski definition) is 5. The SMILES string of the molecule is c1ccc2nc(CN3CCC[C@@H](Cc4nccs4)C3)cnc2c1. The van der Waals surface area contributed by atoms with Crippen LogP contribution in [0.5, 0.6) is 0 Å². The van der Waals surface area contributed by atoms with Crippen molar-refractivity contribution in [3.63, 3.8) is 0 Å². The van der Waals surface area contributed by atoms with Gasteiger partial charge in [-0.2, -0.15) is 0 Å². The fourth-order valence-electron chi connectivity index (χ4n) is 3.36. The molecule has 0 aliphatic carbocycles. The highest BCUT2D eigenvalue weighted by atomic mass is 32.1. The Morgan fingerprint density at radius 3 is 2.96 bits per heavy atom. The summed E-state index contributed by atoms with van der Waals surface area (Å²) in [7, 11) is 0. The van der Waals surface area contributed by atoms with E-state index in [9.17, 15) is 0 Å². The number of para-hydroxylation sites is 2. The number of rotatable bonds is 4. The molecular formula is C18H20N4S. The number of likely N-dealkylation sites (tertiary alicyclic amines) is 1. The molecule has 0 spiro atoms. The minimum Gasteiger partial charge on any atom is -0.297 e. The van der Waals surface area contributed by atoms with Crippen molar-refractivity contribution in [2.75, 3.05) is 13.1 Å². The van der Waals surface area contributed by atoms with E-state index < -0.39 is 0 Å². The molecule has 0 bridgehead atoms. The van der Waals surface area contributed by atoms with E-state index in [1.54, 1.807) is 11.3 Å². The number of hydrogen-bond donors (Lipinski definition) is 0. The summed E-state index contributed by atoms with van der Waals surface area (Å²) < 4.78 is 0. The van der Waals surface area contributed by atoms with Crippen molar-refractivity contribution in [1.29, 1.82) is 0 Å². The van der Waals surface area contributed by atoms with Gasteiger partial charge in [0.25, 0.3) is 0 Å². The van der Waals surface area contributed by atoms with Crippen LogP contribution >= 0.6 is 11.3 Å². The van der Waals surface area contributed by atoms with Crippen LogP contribution < -0.4 is 0 Å². The van der Waals surface area contributed by atoms with Gasteiger partial charge >= 0.3 is 0 Å². The van der Waals surface area contributed by atoms with Crippen LogP contribution in [0.4, 0.5) is 0 Å². The average molecular weight is 324 g/mol. The van der Waals surface area contributed by atoms with Crippen molar-refractivity contribution in [3.8, 4) is 0 Å². The Bertz CT molecular complexity index is 772. The third-order valence-electron chi connectivity index (χ3n) is 4.43. The molecule has 0 amide bonds. The second kappa shape index (κ2) is 6.72. The van der Waals surface area contributed by atoms with E-state index in [0.717, 1.165) is 42.8 Å². The van der Waals surface area contributed by atoms with E-state index in [0.29, 0.717) is 5.92 Å². The van der Waals surface area contributed by atoms with E-state index in [1.807, 2.05) is 36.7 Å². The molecule has 0 radical (unpaired) electrons. The van der Waals surface area contributed by atoms with Crippen molar-refractivity contribution in [3.05, 3.63) is 52.7 Å². The third-order valence-corrected chi connectivity index (χ3v) is 5.24. The molecule has 0 unspecified atom stereocenters. The van der Waals surface area contributed by atoms with Crippen LogP contribution in [0.15, 0.2) is 42.0 Å². The lowest BCUT2D eigenvalue weighted by molar-refractivity contribution is 0.165. The van der Waals surface area contributed by atoms with Crippen LogP contribution in [0.25, 0.3) is 11.0 Å². The number of fused-ring (bicyclic) bond motifs is 1. The normalized spacial score (nSPS) is 19.2. The quantitative estimate of drug-likeness (QED) is 0.736. The van der Waals surface area contributed by atoms with Gasteiger partial charge in [0.2, 0.25) is 0 Å². The van der Waals surface area contributed by atoms with Gasteiger partial charge < -0.3 is 0 Å². The zero-order valence-electron chi connectivity index (χ0n) is 13.1. The van der Waals surface area contributed by atoms with E-state index in [2.05, 4.69) is 20.2 Å². The molecule has 1 atom stereocenters. The summed E-state index contributed by atoms with van der Waals surface area (Å²) in [5.74, 6) is 0.711. The first-order chi connectivity index (χ1) is 11.4. The Morgan fingerprint density at radius 2 is 2.09 bits per heavy atom. The maximum absolute atomic E-state index is 4.76. The molecule has 5 heteroatoms. The molecule has 2 aromatic heterocycles. The molecule has 4 nitrogen and oxygen atoms in total. The Balaban J connectivity index is 1.42. The first-order valence-electron chi connectivity index (χ1n) is 8.18. The zero-order chi connectivity index (χ0) is 15.5. The minimum absolute atomic E-state index is 0.711. The van der Waals surface area contributed by atoms with Crippen LogP contribution in [-0.4, -0.2) is 32.9 Å². The lowest BCUT2D eigenvalue weighted by atomic mass is 9.95. The van der Waals surface area contributed by atoms with Crippen LogP contribution in [0, 0.1) is 5.92 Å². The molecule has 1 aliphatic rings. The Morgan fingerprint density at radius 1 is 1.17 bits per heavy atom. The van der Waals surface area contributed by atoms with Gasteiger partial charge in [-0.1, -0.05) is 12.1 Å². The van der Waals surface area contributed by atoms with Gasteiger partial charge in [0.15, 0.2) is 0 Å². The Labute approximate surface area is 140 Å². The number of piperidine rings is 1. The topological polar surface area (TPSA) is 41.9 Å². The van der Waals surface area contributed by atoms with Crippen LogP contribution in [-0.2, 0) is 13.0 Å². The summed E-state index contributed by atoms with van der Waals surface area (Å²) in [6, 6.07) is 8.07. The summed E-state index contributed by atoms with van der Waals surface area (Å²) in [4.78, 5) is 16.2. The molecule has 3 heterocycles. The molecule has 0 N–H and O–H groups in total. The molecule has 1 fully saturated rings. The Hall–Kier alpha value is -1.85. The summed E-state index contributed by atoms with van der Waals surface area (Å²) in [6.07, 6.45) is 7.51. The maximum atomic E-state index is 4.76. The lowest BCUT2D eigenvalue weighted by Gasteiger charge is -2.32. The predicted octanol–water partition coefficient (Wildman–Crippen LogP) is 3.54. The summed E-state index contributed by atoms with van der Waals surface area (Å²) in [5.41, 5.74) is 3.02. The van der Waals surface area contributed by atoms with Gasteiger partial charge in [0.05, 0.1) is 27.9 Å². The Kier molecular flexibility index (Phi) is 4.30. The van der Waals surface area contributed by atoms with E-state index in [-0.39, 0.29) is 0 Å². The van der Waals surface area contributed by atoms with E-state index in [4.69, 9.17) is 4.98 Å². The van der Waals surface area contributed by atoms with Gasteiger partial charge in [-0.25, -0.2) is 9.97 Å².